The molecule has 0 bridgehead atoms. The third-order valence-electron chi connectivity index (χ3n) is 7.14. The summed E-state index contributed by atoms with van der Waals surface area (Å²) in [4.78, 5) is 14.2. The molecule has 0 unspecified atom stereocenters. The summed E-state index contributed by atoms with van der Waals surface area (Å²) >= 11 is 0. The second kappa shape index (κ2) is 9.76. The number of nitrogens with one attached hydrogen (secondary N) is 2. The lowest BCUT2D eigenvalue weighted by Crippen LogP contribution is -2.41. The Hall–Kier alpha value is -3.08. The highest BCUT2D eigenvalue weighted by molar-refractivity contribution is 5.76. The number of alkyl halides is 3. The lowest BCUT2D eigenvalue weighted by atomic mass is 9.87. The monoisotopic (exact) mass is 504 g/mol. The van der Waals surface area contributed by atoms with E-state index in [0.29, 0.717) is 42.2 Å². The maximum atomic E-state index is 12.5. The molecule has 1 aliphatic carbocycles. The fourth-order valence-corrected chi connectivity index (χ4v) is 4.97. The summed E-state index contributed by atoms with van der Waals surface area (Å²) in [6.07, 6.45) is 2.96. The molecule has 0 atom stereocenters. The van der Waals surface area contributed by atoms with Gasteiger partial charge in [-0.1, -0.05) is 6.92 Å². The molecule has 1 saturated heterocycles. The number of rotatable bonds is 6. The molecule has 5 rings (SSSR count). The lowest BCUT2D eigenvalue weighted by Gasteiger charge is -2.34. The summed E-state index contributed by atoms with van der Waals surface area (Å²) in [7, 11) is 0. The number of hydrogen-bond donors (Lipinski definition) is 2. The SMILES string of the molecule is CC1(Nc2ncc3nc(Nc4ccc(OC(F)(F)F)cc4)n([C@H]4CC[C@@H](C)CC4)c3n2)CCOCC1. The summed E-state index contributed by atoms with van der Waals surface area (Å²) in [6, 6.07) is 5.85. The number of anilines is 3. The molecule has 8 nitrogen and oxygen atoms in total. The van der Waals surface area contributed by atoms with E-state index in [9.17, 15) is 13.2 Å². The van der Waals surface area contributed by atoms with Gasteiger partial charge in [-0.3, -0.25) is 4.57 Å². The molecule has 2 N–H and O–H groups in total. The van der Waals surface area contributed by atoms with Crippen molar-refractivity contribution in [1.29, 1.82) is 0 Å². The van der Waals surface area contributed by atoms with Gasteiger partial charge in [0.05, 0.1) is 6.20 Å². The van der Waals surface area contributed by atoms with Gasteiger partial charge in [0.15, 0.2) is 5.65 Å². The van der Waals surface area contributed by atoms with Gasteiger partial charge in [0.25, 0.3) is 0 Å². The molecule has 1 saturated carbocycles. The van der Waals surface area contributed by atoms with Crippen LogP contribution in [0.3, 0.4) is 0 Å². The Kier molecular flexibility index (Phi) is 6.67. The third kappa shape index (κ3) is 5.66. The van der Waals surface area contributed by atoms with E-state index in [4.69, 9.17) is 14.7 Å². The van der Waals surface area contributed by atoms with E-state index < -0.39 is 6.36 Å². The van der Waals surface area contributed by atoms with Crippen molar-refractivity contribution >= 4 is 28.7 Å². The molecular weight excluding hydrogens is 473 g/mol. The molecular formula is C25H31F3N6O2. The highest BCUT2D eigenvalue weighted by Gasteiger charge is 2.31. The minimum atomic E-state index is -4.73. The van der Waals surface area contributed by atoms with E-state index in [0.717, 1.165) is 44.2 Å². The first-order valence-corrected chi connectivity index (χ1v) is 12.4. The molecule has 0 radical (unpaired) electrons. The van der Waals surface area contributed by atoms with Crippen LogP contribution in [0.5, 0.6) is 5.75 Å². The summed E-state index contributed by atoms with van der Waals surface area (Å²) < 4.78 is 49.2. The summed E-state index contributed by atoms with van der Waals surface area (Å²) in [6.45, 7) is 5.82. The van der Waals surface area contributed by atoms with Crippen molar-refractivity contribution in [3.8, 4) is 5.75 Å². The van der Waals surface area contributed by atoms with Crippen molar-refractivity contribution in [2.45, 2.75) is 70.3 Å². The normalized spacial score (nSPS) is 22.4. The molecule has 2 aliphatic rings. The zero-order chi connectivity index (χ0) is 25.3. The number of aromatic nitrogens is 4. The van der Waals surface area contributed by atoms with Gasteiger partial charge in [0.1, 0.15) is 11.3 Å². The number of hydrogen-bond acceptors (Lipinski definition) is 7. The number of ether oxygens (including phenoxy) is 2. The van der Waals surface area contributed by atoms with Crippen LogP contribution in [0.1, 0.15) is 58.4 Å². The zero-order valence-electron chi connectivity index (χ0n) is 20.4. The maximum absolute atomic E-state index is 12.5. The average Bonchev–Trinajstić information content (AvgIpc) is 3.17. The largest absolute Gasteiger partial charge is 0.573 e. The van der Waals surface area contributed by atoms with Crippen molar-refractivity contribution in [2.75, 3.05) is 23.8 Å². The van der Waals surface area contributed by atoms with Crippen LogP contribution in [-0.2, 0) is 4.74 Å². The van der Waals surface area contributed by atoms with Crippen LogP contribution in [-0.4, -0.2) is 44.6 Å². The third-order valence-corrected chi connectivity index (χ3v) is 7.14. The molecule has 3 heterocycles. The van der Waals surface area contributed by atoms with Gasteiger partial charge in [0.2, 0.25) is 11.9 Å². The Morgan fingerprint density at radius 2 is 1.75 bits per heavy atom. The number of nitrogens with zero attached hydrogens (tertiary/aromatic N) is 4. The minimum Gasteiger partial charge on any atom is -0.406 e. The summed E-state index contributed by atoms with van der Waals surface area (Å²) in [5, 5.41) is 6.78. The molecule has 11 heteroatoms. The Balaban J connectivity index is 1.46. The van der Waals surface area contributed by atoms with E-state index in [-0.39, 0.29) is 17.3 Å². The van der Waals surface area contributed by atoms with Crippen molar-refractivity contribution in [1.82, 2.24) is 19.5 Å². The van der Waals surface area contributed by atoms with Crippen LogP contribution < -0.4 is 15.4 Å². The molecule has 3 aromatic rings. The maximum Gasteiger partial charge on any atom is 0.573 e. The fraction of sp³-hybridized carbons (Fsp3) is 0.560. The Morgan fingerprint density at radius 1 is 1.06 bits per heavy atom. The van der Waals surface area contributed by atoms with Crippen LogP contribution in [0, 0.1) is 5.92 Å². The second-order valence-electron chi connectivity index (χ2n) is 10.1. The van der Waals surface area contributed by atoms with Crippen LogP contribution >= 0.6 is 0 Å². The quantitative estimate of drug-likeness (QED) is 0.413. The van der Waals surface area contributed by atoms with Crippen LogP contribution in [0.2, 0.25) is 0 Å². The summed E-state index contributed by atoms with van der Waals surface area (Å²) in [5.41, 5.74) is 1.86. The number of imidazole rings is 1. The van der Waals surface area contributed by atoms with Gasteiger partial charge in [-0.15, -0.1) is 13.2 Å². The van der Waals surface area contributed by atoms with Crippen LogP contribution in [0.15, 0.2) is 30.5 Å². The first-order chi connectivity index (χ1) is 17.2. The smallest absolute Gasteiger partial charge is 0.406 e. The van der Waals surface area contributed by atoms with E-state index in [1.54, 1.807) is 18.3 Å². The average molecular weight is 505 g/mol. The molecule has 0 amide bonds. The fourth-order valence-electron chi connectivity index (χ4n) is 4.97. The van der Waals surface area contributed by atoms with Gasteiger partial charge < -0.3 is 20.1 Å². The van der Waals surface area contributed by atoms with Gasteiger partial charge in [-0.25, -0.2) is 9.97 Å². The van der Waals surface area contributed by atoms with Crippen molar-refractivity contribution in [3.05, 3.63) is 30.5 Å². The zero-order valence-corrected chi connectivity index (χ0v) is 20.4. The van der Waals surface area contributed by atoms with Crippen molar-refractivity contribution in [3.63, 3.8) is 0 Å². The van der Waals surface area contributed by atoms with Gasteiger partial charge in [-0.2, -0.15) is 4.98 Å². The van der Waals surface area contributed by atoms with E-state index >= 15 is 0 Å². The van der Waals surface area contributed by atoms with E-state index in [1.165, 1.54) is 12.1 Å². The molecule has 1 aliphatic heterocycles. The van der Waals surface area contributed by atoms with E-state index in [2.05, 4.69) is 38.8 Å². The molecule has 2 fully saturated rings. The topological polar surface area (TPSA) is 86.1 Å². The van der Waals surface area contributed by atoms with Crippen molar-refractivity contribution < 1.29 is 22.6 Å². The number of fused-ring (bicyclic) bond motifs is 1. The van der Waals surface area contributed by atoms with E-state index in [1.807, 2.05) is 0 Å². The minimum absolute atomic E-state index is 0.141. The molecule has 36 heavy (non-hydrogen) atoms. The molecule has 194 valence electrons. The van der Waals surface area contributed by atoms with Gasteiger partial charge in [0, 0.05) is 30.5 Å². The Morgan fingerprint density at radius 3 is 2.42 bits per heavy atom. The molecule has 0 spiro atoms. The van der Waals surface area contributed by atoms with Crippen LogP contribution in [0.4, 0.5) is 30.8 Å². The molecule has 2 aromatic heterocycles. The summed E-state index contributed by atoms with van der Waals surface area (Å²) in [5.74, 6) is 1.55. The van der Waals surface area contributed by atoms with Gasteiger partial charge in [-0.05, 0) is 75.6 Å². The second-order valence-corrected chi connectivity index (χ2v) is 10.1. The standard InChI is InChI=1S/C25H31F3N6O2/c1-16-3-7-18(8-4-16)34-21-20(15-29-22(32-21)33-24(2)11-13-35-14-12-24)31-23(34)30-17-5-9-19(10-6-17)36-25(26,27)28/h5-6,9-10,15-16,18H,3-4,7-8,11-14H2,1-2H3,(H,30,31)(H,29,32,33)/t16-,18+. The highest BCUT2D eigenvalue weighted by Crippen LogP contribution is 2.37. The molecule has 1 aromatic carbocycles. The highest BCUT2D eigenvalue weighted by atomic mass is 19.4. The predicted octanol–water partition coefficient (Wildman–Crippen LogP) is 6.20. The van der Waals surface area contributed by atoms with Crippen molar-refractivity contribution in [2.24, 2.45) is 5.92 Å². The Labute approximate surface area is 207 Å². The lowest BCUT2D eigenvalue weighted by molar-refractivity contribution is -0.274. The number of benzene rings is 1. The number of halogens is 3. The first kappa shape index (κ1) is 24.6. The Bertz CT molecular complexity index is 1180. The van der Waals surface area contributed by atoms with Crippen LogP contribution in [0.25, 0.3) is 11.2 Å². The predicted molar refractivity (Wildman–Crippen MR) is 130 cm³/mol. The van der Waals surface area contributed by atoms with Gasteiger partial charge >= 0.3 is 6.36 Å². The first-order valence-electron chi connectivity index (χ1n) is 12.4.